The molecule has 7 aliphatic heterocycles. The Bertz CT molecular complexity index is 1710. The van der Waals surface area contributed by atoms with E-state index in [4.69, 9.17) is 47.7 Å². The summed E-state index contributed by atoms with van der Waals surface area (Å²) in [5.41, 5.74) is 0. The maximum atomic E-state index is 13.9. The zero-order chi connectivity index (χ0) is 49.5. The second kappa shape index (κ2) is 24.3. The second-order valence-corrected chi connectivity index (χ2v) is 21.7. The number of carbonyl (C=O) groups excluding carboxylic acids is 1. The fourth-order valence-electron chi connectivity index (χ4n) is 12.2. The number of aliphatic hydroxyl groups excluding tert-OH is 5. The first-order valence-electron chi connectivity index (χ1n) is 26.2. The van der Waals surface area contributed by atoms with Gasteiger partial charge in [-0.25, -0.2) is 4.79 Å². The minimum Gasteiger partial charge on any atom is -0.479 e. The van der Waals surface area contributed by atoms with Crippen molar-refractivity contribution >= 4 is 11.9 Å². The van der Waals surface area contributed by atoms with Crippen LogP contribution >= 0.6 is 0 Å². The van der Waals surface area contributed by atoms with Crippen LogP contribution in [0, 0.1) is 17.8 Å². The average molecular weight is 981 g/mol. The third-order valence-corrected chi connectivity index (χ3v) is 16.4. The van der Waals surface area contributed by atoms with Gasteiger partial charge < -0.3 is 73.3 Å². The van der Waals surface area contributed by atoms with Gasteiger partial charge in [-0.1, -0.05) is 45.1 Å². The van der Waals surface area contributed by atoms with E-state index in [1.165, 1.54) is 0 Å². The minimum absolute atomic E-state index is 0.000201. The summed E-state index contributed by atoms with van der Waals surface area (Å²) in [5.74, 6) is -5.22. The van der Waals surface area contributed by atoms with E-state index in [1.54, 1.807) is 26.4 Å². The Morgan fingerprint density at radius 1 is 0.725 bits per heavy atom. The van der Waals surface area contributed by atoms with Gasteiger partial charge in [-0.2, -0.15) is 0 Å². The van der Waals surface area contributed by atoms with Crippen LogP contribution < -0.4 is 0 Å². The summed E-state index contributed by atoms with van der Waals surface area (Å²) in [5, 5.41) is 64.9. The Labute approximate surface area is 408 Å². The molecule has 0 aliphatic carbocycles. The quantitative estimate of drug-likeness (QED) is 0.123. The smallest absolute Gasteiger partial charge is 0.332 e. The third-order valence-electron chi connectivity index (χ3n) is 16.4. The summed E-state index contributed by atoms with van der Waals surface area (Å²) < 4.78 is 59.1. The largest absolute Gasteiger partial charge is 0.479 e. The first kappa shape index (κ1) is 54.7. The lowest BCUT2D eigenvalue weighted by molar-refractivity contribution is -0.414. The molecule has 17 heteroatoms. The number of carboxylic acids is 1. The molecule has 0 saturated carbocycles. The zero-order valence-corrected chi connectivity index (χ0v) is 41.6. The molecular weight excluding hydrogens is 897 g/mol. The van der Waals surface area contributed by atoms with Crippen molar-refractivity contribution in [1.82, 2.24) is 0 Å². The van der Waals surface area contributed by atoms with Crippen LogP contribution in [-0.2, 0) is 52.2 Å². The molecule has 7 heterocycles. The van der Waals surface area contributed by atoms with E-state index in [9.17, 15) is 35.1 Å². The number of ether oxygens (including phenoxy) is 9. The standard InChI is InChI=1S/C52H84O17/c1-31-18-21-50-23-20-42(62-5)48(68-50)47(58)46(57)32(2)16-17-38-27-39(61-4)29-51(65-38)22-19-33(3)52(69-51)30-44(41(67-52)15-10-8-6-7-9-14-40(55)49(59)60)64-45(56)28-37-13-11-12-36(63-37)25-34(53)24-35(54)26-43(31)66-50/h7-10,31-44,46-48,53-55,57-58H,6,11-30H2,1-5H3,(H,59,60)/b9-7-,10-8+/t31-,32-,33-,34-,35-,36?,37?,38+,39-,40?,41?,42-,43+,44-,46-,47-,48-,50-,51+,52+/m0/s1. The molecule has 9 bridgehead atoms. The molecule has 7 saturated heterocycles. The topological polar surface area (TPSA) is 239 Å². The Morgan fingerprint density at radius 2 is 1.46 bits per heavy atom. The molecule has 0 aromatic heterocycles. The highest BCUT2D eigenvalue weighted by atomic mass is 16.8. The number of esters is 1. The average Bonchev–Trinajstić information content (AvgIpc) is 3.65. The Kier molecular flexibility index (Phi) is 19.2. The summed E-state index contributed by atoms with van der Waals surface area (Å²) in [7, 11) is 3.28. The highest BCUT2D eigenvalue weighted by molar-refractivity contribution is 5.72. The molecule has 394 valence electrons. The van der Waals surface area contributed by atoms with Crippen molar-refractivity contribution in [2.24, 2.45) is 17.8 Å². The molecule has 0 aromatic carbocycles. The fourth-order valence-corrected chi connectivity index (χ4v) is 12.2. The first-order chi connectivity index (χ1) is 32.9. The third kappa shape index (κ3) is 13.9. The van der Waals surface area contributed by atoms with E-state index in [-0.39, 0.29) is 67.9 Å². The van der Waals surface area contributed by atoms with Crippen LogP contribution in [-0.4, -0.2) is 160 Å². The molecule has 0 radical (unpaired) electrons. The molecule has 20 atom stereocenters. The van der Waals surface area contributed by atoms with Crippen molar-refractivity contribution < 1.29 is 82.9 Å². The van der Waals surface area contributed by atoms with Crippen molar-refractivity contribution in [3.63, 3.8) is 0 Å². The number of rotatable bonds is 9. The van der Waals surface area contributed by atoms with Crippen LogP contribution in [0.15, 0.2) is 24.3 Å². The number of hydrogen-bond acceptors (Lipinski definition) is 16. The summed E-state index contributed by atoms with van der Waals surface area (Å²) in [6.45, 7) is 6.09. The molecule has 69 heavy (non-hydrogen) atoms. The Hall–Kier alpha value is -2.10. The zero-order valence-electron chi connectivity index (χ0n) is 41.6. The number of allylic oxidation sites excluding steroid dienone is 2. The molecule has 4 unspecified atom stereocenters. The van der Waals surface area contributed by atoms with Crippen molar-refractivity contribution in [3.05, 3.63) is 24.3 Å². The highest BCUT2D eigenvalue weighted by Crippen LogP contribution is 2.53. The number of carbonyl (C=O) groups is 2. The number of carboxylic acid groups (broad SMARTS) is 1. The van der Waals surface area contributed by atoms with Crippen LogP contribution in [0.25, 0.3) is 0 Å². The van der Waals surface area contributed by atoms with Gasteiger partial charge in [0.1, 0.15) is 24.4 Å². The van der Waals surface area contributed by atoms with E-state index >= 15 is 0 Å². The number of methoxy groups -OCH3 is 2. The fraction of sp³-hybridized carbons (Fsp3) is 0.885. The summed E-state index contributed by atoms with van der Waals surface area (Å²) >= 11 is 0. The lowest BCUT2D eigenvalue weighted by Gasteiger charge is -2.53. The lowest BCUT2D eigenvalue weighted by atomic mass is 9.81. The van der Waals surface area contributed by atoms with Gasteiger partial charge in [0.15, 0.2) is 23.5 Å². The van der Waals surface area contributed by atoms with Crippen LogP contribution in [0.4, 0.5) is 0 Å². The Balaban J connectivity index is 1.12. The van der Waals surface area contributed by atoms with E-state index in [0.29, 0.717) is 89.9 Å². The van der Waals surface area contributed by atoms with Gasteiger partial charge in [-0.3, -0.25) is 4.79 Å². The maximum absolute atomic E-state index is 13.9. The molecule has 7 rings (SSSR count). The molecule has 3 spiro atoms. The summed E-state index contributed by atoms with van der Waals surface area (Å²) in [6, 6.07) is 0. The molecule has 6 N–H and O–H groups in total. The summed E-state index contributed by atoms with van der Waals surface area (Å²) in [6.07, 6.45) is 7.71. The van der Waals surface area contributed by atoms with Gasteiger partial charge in [0.2, 0.25) is 0 Å². The van der Waals surface area contributed by atoms with Gasteiger partial charge in [0, 0.05) is 65.1 Å². The van der Waals surface area contributed by atoms with E-state index in [0.717, 1.165) is 19.3 Å². The van der Waals surface area contributed by atoms with Crippen molar-refractivity contribution in [2.75, 3.05) is 14.2 Å². The normalized spacial score (nSPS) is 45.9. The monoisotopic (exact) mass is 981 g/mol. The number of aliphatic hydroxyl groups is 5. The summed E-state index contributed by atoms with van der Waals surface area (Å²) in [4.78, 5) is 24.9. The molecule has 0 amide bonds. The highest BCUT2D eigenvalue weighted by Gasteiger charge is 2.60. The molecule has 17 nitrogen and oxygen atoms in total. The van der Waals surface area contributed by atoms with Crippen LogP contribution in [0.2, 0.25) is 0 Å². The first-order valence-corrected chi connectivity index (χ1v) is 26.2. The van der Waals surface area contributed by atoms with Gasteiger partial charge in [0.25, 0.3) is 0 Å². The van der Waals surface area contributed by atoms with Gasteiger partial charge in [-0.15, -0.1) is 0 Å². The number of aliphatic carboxylic acids is 1. The SMILES string of the molecule is CO[C@H]1C[C@H]2CC[C@H](C)[C@H](O)[C@H](O)[C@H]3O[C@]4(CC[C@@H]3OC)CC[C@H](C)[C@@H](C[C@@H](O)C[C@H](O)CC3CCCC(CC(=O)O[C@H]5C[C@@]6(OC5C/C=C/C/C=C\CC(O)C(=O)O)O[C@](CC[C@@H]6C)(C1)O2)O3)O4. The lowest BCUT2D eigenvalue weighted by Crippen LogP contribution is -2.59. The molecular formula is C52H84O17. The second-order valence-electron chi connectivity index (χ2n) is 21.7. The predicted octanol–water partition coefficient (Wildman–Crippen LogP) is 5.53. The van der Waals surface area contributed by atoms with Gasteiger partial charge in [0.05, 0.1) is 61.4 Å². The maximum Gasteiger partial charge on any atom is 0.332 e. The Morgan fingerprint density at radius 3 is 2.23 bits per heavy atom. The minimum atomic E-state index is -1.46. The van der Waals surface area contributed by atoms with Gasteiger partial charge >= 0.3 is 11.9 Å². The van der Waals surface area contributed by atoms with E-state index in [1.807, 2.05) is 19.1 Å². The van der Waals surface area contributed by atoms with Crippen LogP contribution in [0.1, 0.15) is 156 Å². The van der Waals surface area contributed by atoms with Crippen LogP contribution in [0.5, 0.6) is 0 Å². The van der Waals surface area contributed by atoms with Gasteiger partial charge in [-0.05, 0) is 95.3 Å². The van der Waals surface area contributed by atoms with Crippen LogP contribution in [0.3, 0.4) is 0 Å². The number of fused-ring (bicyclic) bond motifs is 6. The molecule has 7 fully saturated rings. The number of hydrogen-bond donors (Lipinski definition) is 6. The predicted molar refractivity (Wildman–Crippen MR) is 249 cm³/mol. The van der Waals surface area contributed by atoms with Crippen molar-refractivity contribution in [2.45, 2.75) is 258 Å². The van der Waals surface area contributed by atoms with Crippen molar-refractivity contribution in [3.8, 4) is 0 Å². The molecule has 7 aliphatic rings. The van der Waals surface area contributed by atoms with E-state index in [2.05, 4.69) is 13.8 Å². The molecule has 0 aromatic rings. The van der Waals surface area contributed by atoms with Crippen molar-refractivity contribution in [1.29, 1.82) is 0 Å². The van der Waals surface area contributed by atoms with E-state index < -0.39 is 90.3 Å².